The number of non-ortho nitro benzene ring substituents is 1. The van der Waals surface area contributed by atoms with Crippen LogP contribution >= 0.6 is 0 Å². The second-order valence-electron chi connectivity index (χ2n) is 6.29. The largest absolute Gasteiger partial charge is 0.352 e. The summed E-state index contributed by atoms with van der Waals surface area (Å²) in [6.45, 7) is 2.22. The molecule has 3 aromatic rings. The second-order valence-corrected chi connectivity index (χ2v) is 6.29. The molecular weight excluding hydrogens is 362 g/mol. The van der Waals surface area contributed by atoms with Crippen molar-refractivity contribution in [2.24, 2.45) is 0 Å². The molecule has 10 heteroatoms. The molecule has 0 spiro atoms. The number of hydrogen-bond acceptors (Lipinski definition) is 7. The number of carbonyl (C=O) groups excluding carboxylic acids is 1. The molecule has 0 bridgehead atoms. The van der Waals surface area contributed by atoms with Crippen LogP contribution in [0.2, 0.25) is 0 Å². The van der Waals surface area contributed by atoms with Crippen molar-refractivity contribution in [1.29, 1.82) is 0 Å². The maximum absolute atomic E-state index is 12.6. The zero-order valence-corrected chi connectivity index (χ0v) is 14.9. The van der Waals surface area contributed by atoms with Gasteiger partial charge in [0.2, 0.25) is 0 Å². The number of rotatable bonds is 4. The van der Waals surface area contributed by atoms with Crippen molar-refractivity contribution in [2.75, 3.05) is 31.1 Å². The van der Waals surface area contributed by atoms with Crippen LogP contribution in [0.3, 0.4) is 0 Å². The molecule has 0 atom stereocenters. The van der Waals surface area contributed by atoms with Gasteiger partial charge in [0.15, 0.2) is 11.6 Å². The fourth-order valence-corrected chi connectivity index (χ4v) is 3.09. The smallest absolute Gasteiger partial charge is 0.270 e. The molecular formula is C18H17N7O3. The quantitative estimate of drug-likeness (QED) is 0.499. The van der Waals surface area contributed by atoms with Gasteiger partial charge in [-0.25, -0.2) is 4.68 Å². The molecule has 0 saturated carbocycles. The Morgan fingerprint density at radius 2 is 1.75 bits per heavy atom. The lowest BCUT2D eigenvalue weighted by Crippen LogP contribution is -2.49. The van der Waals surface area contributed by atoms with Crippen molar-refractivity contribution < 1.29 is 9.72 Å². The number of nitro benzene ring substituents is 1. The van der Waals surface area contributed by atoms with Crippen LogP contribution in [-0.2, 0) is 0 Å². The van der Waals surface area contributed by atoms with Crippen molar-refractivity contribution >= 4 is 17.4 Å². The summed E-state index contributed by atoms with van der Waals surface area (Å²) >= 11 is 0. The highest BCUT2D eigenvalue weighted by Gasteiger charge is 2.24. The molecule has 1 amide bonds. The third-order valence-electron chi connectivity index (χ3n) is 4.57. The molecule has 1 saturated heterocycles. The highest BCUT2D eigenvalue weighted by Crippen LogP contribution is 2.18. The molecule has 4 rings (SSSR count). The Bertz CT molecular complexity index is 981. The lowest BCUT2D eigenvalue weighted by molar-refractivity contribution is -0.384. The fourth-order valence-electron chi connectivity index (χ4n) is 3.09. The number of hydrogen-bond donors (Lipinski definition) is 0. The molecule has 10 nitrogen and oxygen atoms in total. The highest BCUT2D eigenvalue weighted by molar-refractivity contribution is 5.95. The number of aromatic nitrogens is 4. The summed E-state index contributed by atoms with van der Waals surface area (Å²) in [6, 6.07) is 11.3. The van der Waals surface area contributed by atoms with Gasteiger partial charge in [-0.05, 0) is 24.3 Å². The third-order valence-corrected chi connectivity index (χ3v) is 4.57. The maximum atomic E-state index is 12.6. The molecule has 1 aliphatic rings. The lowest BCUT2D eigenvalue weighted by atomic mass is 10.1. The van der Waals surface area contributed by atoms with Crippen molar-refractivity contribution in [3.8, 4) is 5.82 Å². The van der Waals surface area contributed by atoms with E-state index in [2.05, 4.69) is 20.2 Å². The van der Waals surface area contributed by atoms with Crippen LogP contribution in [0.25, 0.3) is 5.82 Å². The second kappa shape index (κ2) is 7.43. The summed E-state index contributed by atoms with van der Waals surface area (Å²) in [5, 5.41) is 23.5. The van der Waals surface area contributed by atoms with Crippen molar-refractivity contribution in [3.05, 3.63) is 70.5 Å². The summed E-state index contributed by atoms with van der Waals surface area (Å²) in [6.07, 6.45) is 3.47. The summed E-state index contributed by atoms with van der Waals surface area (Å²) in [4.78, 5) is 26.8. The summed E-state index contributed by atoms with van der Waals surface area (Å²) < 4.78 is 1.63. The molecule has 0 unspecified atom stereocenters. The van der Waals surface area contributed by atoms with Gasteiger partial charge < -0.3 is 9.80 Å². The molecule has 142 valence electrons. The number of nitrogens with zero attached hydrogens (tertiary/aromatic N) is 7. The monoisotopic (exact) mass is 379 g/mol. The number of piperazine rings is 1. The van der Waals surface area contributed by atoms with E-state index in [1.807, 2.05) is 18.2 Å². The first-order chi connectivity index (χ1) is 13.6. The Morgan fingerprint density at radius 3 is 2.39 bits per heavy atom. The predicted molar refractivity (Wildman–Crippen MR) is 100 cm³/mol. The SMILES string of the molecule is O=C(c1cccc([N+](=O)[O-])c1)N1CCN(c2ccc(-n3cccn3)nn2)CC1. The lowest BCUT2D eigenvalue weighted by Gasteiger charge is -2.35. The van der Waals surface area contributed by atoms with E-state index in [1.165, 1.54) is 18.2 Å². The average Bonchev–Trinajstić information content (AvgIpc) is 3.28. The van der Waals surface area contributed by atoms with Crippen LogP contribution in [0.1, 0.15) is 10.4 Å². The minimum atomic E-state index is -0.500. The topological polar surface area (TPSA) is 110 Å². The first-order valence-corrected chi connectivity index (χ1v) is 8.74. The Kier molecular flexibility index (Phi) is 4.67. The molecule has 1 aromatic carbocycles. The van der Waals surface area contributed by atoms with E-state index in [1.54, 1.807) is 28.0 Å². The standard InChI is InChI=1S/C18H17N7O3/c26-18(14-3-1-4-15(13-14)25(27)28)23-11-9-22(10-12-23)16-5-6-17(21-20-16)24-8-2-7-19-24/h1-8,13H,9-12H2. The number of anilines is 1. The number of carbonyl (C=O) groups is 1. The van der Waals surface area contributed by atoms with Gasteiger partial charge in [0.25, 0.3) is 11.6 Å². The molecule has 0 aliphatic carbocycles. The first kappa shape index (κ1) is 17.6. The minimum absolute atomic E-state index is 0.0861. The molecule has 28 heavy (non-hydrogen) atoms. The number of nitro groups is 1. The van der Waals surface area contributed by atoms with Gasteiger partial charge in [0.1, 0.15) is 0 Å². The fraction of sp³-hybridized carbons (Fsp3) is 0.222. The zero-order valence-electron chi connectivity index (χ0n) is 14.9. The predicted octanol–water partition coefficient (Wildman–Crippen LogP) is 1.53. The molecule has 1 fully saturated rings. The van der Waals surface area contributed by atoms with E-state index >= 15 is 0 Å². The van der Waals surface area contributed by atoms with E-state index in [0.717, 1.165) is 5.82 Å². The molecule has 0 N–H and O–H groups in total. The molecule has 1 aliphatic heterocycles. The summed E-state index contributed by atoms with van der Waals surface area (Å²) in [7, 11) is 0. The third kappa shape index (κ3) is 3.52. The molecule has 2 aromatic heterocycles. The summed E-state index contributed by atoms with van der Waals surface area (Å²) in [5.41, 5.74) is 0.239. The average molecular weight is 379 g/mol. The van der Waals surface area contributed by atoms with Crippen LogP contribution in [0.15, 0.2) is 54.9 Å². The van der Waals surface area contributed by atoms with Gasteiger partial charge >= 0.3 is 0 Å². The zero-order chi connectivity index (χ0) is 19.5. The summed E-state index contributed by atoms with van der Waals surface area (Å²) in [5.74, 6) is 1.16. The number of benzene rings is 1. The van der Waals surface area contributed by atoms with E-state index < -0.39 is 4.92 Å². The van der Waals surface area contributed by atoms with Gasteiger partial charge in [-0.2, -0.15) is 5.10 Å². The van der Waals surface area contributed by atoms with Crippen LogP contribution in [0, 0.1) is 10.1 Å². The minimum Gasteiger partial charge on any atom is -0.352 e. The Morgan fingerprint density at radius 1 is 1.00 bits per heavy atom. The van der Waals surface area contributed by atoms with E-state index in [0.29, 0.717) is 37.6 Å². The van der Waals surface area contributed by atoms with Crippen LogP contribution < -0.4 is 4.90 Å². The maximum Gasteiger partial charge on any atom is 0.270 e. The van der Waals surface area contributed by atoms with E-state index in [4.69, 9.17) is 0 Å². The Labute approximate surface area is 160 Å². The van der Waals surface area contributed by atoms with E-state index in [-0.39, 0.29) is 11.6 Å². The van der Waals surface area contributed by atoms with Gasteiger partial charge in [0, 0.05) is 56.3 Å². The van der Waals surface area contributed by atoms with Crippen molar-refractivity contribution in [2.45, 2.75) is 0 Å². The highest BCUT2D eigenvalue weighted by atomic mass is 16.6. The van der Waals surface area contributed by atoms with Crippen molar-refractivity contribution in [1.82, 2.24) is 24.9 Å². The van der Waals surface area contributed by atoms with Gasteiger partial charge in [0.05, 0.1) is 4.92 Å². The Balaban J connectivity index is 1.40. The van der Waals surface area contributed by atoms with E-state index in [9.17, 15) is 14.9 Å². The Hall–Kier alpha value is -3.82. The first-order valence-electron chi connectivity index (χ1n) is 8.74. The van der Waals surface area contributed by atoms with Gasteiger partial charge in [-0.3, -0.25) is 14.9 Å². The van der Waals surface area contributed by atoms with Gasteiger partial charge in [-0.15, -0.1) is 10.2 Å². The molecule has 3 heterocycles. The van der Waals surface area contributed by atoms with Gasteiger partial charge in [-0.1, -0.05) is 6.07 Å². The normalized spacial score (nSPS) is 14.1. The van der Waals surface area contributed by atoms with Crippen LogP contribution in [0.4, 0.5) is 11.5 Å². The molecule has 0 radical (unpaired) electrons. The van der Waals surface area contributed by atoms with Crippen molar-refractivity contribution in [3.63, 3.8) is 0 Å². The van der Waals surface area contributed by atoms with Crippen LogP contribution in [0.5, 0.6) is 0 Å². The number of amides is 1. The van der Waals surface area contributed by atoms with Crippen LogP contribution in [-0.4, -0.2) is 61.9 Å².